The van der Waals surface area contributed by atoms with Crippen LogP contribution in [-0.4, -0.2) is 6.10 Å². The zero-order valence-corrected chi connectivity index (χ0v) is 13.9. The Bertz CT molecular complexity index is 186. The van der Waals surface area contributed by atoms with Gasteiger partial charge in [-0.1, -0.05) is 84.0 Å². The Morgan fingerprint density at radius 2 is 1.21 bits per heavy atom. The molecule has 0 saturated carbocycles. The molecule has 0 rings (SSSR count). The fourth-order valence-corrected chi connectivity index (χ4v) is 2.65. The summed E-state index contributed by atoms with van der Waals surface area (Å²) in [5, 5.41) is 0. The summed E-state index contributed by atoms with van der Waals surface area (Å²) in [5.74, 6) is 0. The first kappa shape index (κ1) is 19.1. The molecule has 0 bridgehead atoms. The van der Waals surface area contributed by atoms with Gasteiger partial charge in [0.15, 0.2) is 0 Å². The van der Waals surface area contributed by atoms with Crippen LogP contribution in [0, 0.1) is 0 Å². The lowest BCUT2D eigenvalue weighted by atomic mass is 10.0. The molecule has 0 fully saturated rings. The van der Waals surface area contributed by atoms with Gasteiger partial charge in [0, 0.05) is 0 Å². The third-order valence-corrected chi connectivity index (χ3v) is 4.13. The minimum absolute atomic E-state index is 0.141. The van der Waals surface area contributed by atoms with Crippen molar-refractivity contribution in [3.63, 3.8) is 0 Å². The minimum Gasteiger partial charge on any atom is -0.291 e. The summed E-state index contributed by atoms with van der Waals surface area (Å²) in [6, 6.07) is 0. The zero-order chi connectivity index (χ0) is 14.2. The van der Waals surface area contributed by atoms with E-state index >= 15 is 0 Å². The summed E-state index contributed by atoms with van der Waals surface area (Å²) in [5.41, 5.74) is 0. The molecule has 0 radical (unpaired) electrons. The lowest BCUT2D eigenvalue weighted by Crippen LogP contribution is -2.00. The lowest BCUT2D eigenvalue weighted by molar-refractivity contribution is 0.228. The minimum atomic E-state index is -0.178. The van der Waals surface area contributed by atoms with E-state index in [0.717, 1.165) is 6.42 Å². The molecule has 0 aromatic heterocycles. The Morgan fingerprint density at radius 1 is 0.789 bits per heavy atom. The molecule has 2 nitrogen and oxygen atoms in total. The van der Waals surface area contributed by atoms with Crippen LogP contribution in [0.1, 0.15) is 97.3 Å². The number of rotatable bonds is 15. The molecule has 114 valence electrons. The summed E-state index contributed by atoms with van der Waals surface area (Å²) >= 11 is 0. The van der Waals surface area contributed by atoms with Gasteiger partial charge in [-0.25, -0.2) is 4.57 Å². The number of unbranched alkanes of at least 4 members (excludes halogenated alkanes) is 11. The molecule has 1 atom stereocenters. The smallest absolute Gasteiger partial charge is 0.291 e. The SMILES string of the molecule is CCCCCCCCCCCCCCC(C)OP=O. The highest BCUT2D eigenvalue weighted by Gasteiger charge is 2.01. The van der Waals surface area contributed by atoms with Crippen molar-refractivity contribution in [3.05, 3.63) is 0 Å². The maximum atomic E-state index is 10.2. The normalized spacial score (nSPS) is 12.9. The molecular weight excluding hydrogens is 255 g/mol. The predicted octanol–water partition coefficient (Wildman–Crippen LogP) is 6.69. The molecule has 0 aliphatic rings. The number of hydrogen-bond donors (Lipinski definition) is 0. The van der Waals surface area contributed by atoms with Crippen molar-refractivity contribution < 1.29 is 9.09 Å². The molecule has 0 aromatic carbocycles. The molecule has 0 aliphatic carbocycles. The Kier molecular flexibility index (Phi) is 16.2. The Labute approximate surface area is 122 Å². The molecule has 0 N–H and O–H groups in total. The highest BCUT2D eigenvalue weighted by atomic mass is 31.1. The molecule has 0 saturated heterocycles. The van der Waals surface area contributed by atoms with E-state index in [1.165, 1.54) is 77.0 Å². The maximum Gasteiger partial charge on any atom is 0.327 e. The van der Waals surface area contributed by atoms with Crippen LogP contribution in [0.3, 0.4) is 0 Å². The van der Waals surface area contributed by atoms with Crippen molar-refractivity contribution in [2.24, 2.45) is 0 Å². The first-order valence-electron chi connectivity index (χ1n) is 8.29. The van der Waals surface area contributed by atoms with Crippen molar-refractivity contribution in [2.75, 3.05) is 0 Å². The van der Waals surface area contributed by atoms with Crippen molar-refractivity contribution in [1.82, 2.24) is 0 Å². The van der Waals surface area contributed by atoms with Gasteiger partial charge in [-0.15, -0.1) is 0 Å². The van der Waals surface area contributed by atoms with Crippen LogP contribution < -0.4 is 0 Å². The van der Waals surface area contributed by atoms with Gasteiger partial charge in [0.05, 0.1) is 6.10 Å². The highest BCUT2D eigenvalue weighted by molar-refractivity contribution is 7.17. The average molecular weight is 288 g/mol. The summed E-state index contributed by atoms with van der Waals surface area (Å²) < 4.78 is 15.2. The van der Waals surface area contributed by atoms with Crippen molar-refractivity contribution in [1.29, 1.82) is 0 Å². The van der Waals surface area contributed by atoms with Crippen LogP contribution in [0.2, 0.25) is 0 Å². The fraction of sp³-hybridized carbons (Fsp3) is 1.00. The lowest BCUT2D eigenvalue weighted by Gasteiger charge is -2.06. The molecular formula is C16H33O2P. The maximum absolute atomic E-state index is 10.2. The largest absolute Gasteiger partial charge is 0.327 e. The van der Waals surface area contributed by atoms with Crippen LogP contribution in [0.4, 0.5) is 0 Å². The van der Waals surface area contributed by atoms with E-state index in [9.17, 15) is 4.57 Å². The van der Waals surface area contributed by atoms with Gasteiger partial charge in [-0.05, 0) is 13.3 Å². The molecule has 0 amide bonds. The van der Waals surface area contributed by atoms with Gasteiger partial charge in [0.1, 0.15) is 0 Å². The Morgan fingerprint density at radius 3 is 1.63 bits per heavy atom. The van der Waals surface area contributed by atoms with Crippen LogP contribution in [0.5, 0.6) is 0 Å². The van der Waals surface area contributed by atoms with Gasteiger partial charge < -0.3 is 0 Å². The van der Waals surface area contributed by atoms with Gasteiger partial charge in [-0.2, -0.15) is 0 Å². The first-order valence-corrected chi connectivity index (χ1v) is 9.02. The third-order valence-electron chi connectivity index (χ3n) is 3.69. The van der Waals surface area contributed by atoms with E-state index in [1.54, 1.807) is 0 Å². The molecule has 1 unspecified atom stereocenters. The van der Waals surface area contributed by atoms with E-state index in [2.05, 4.69) is 6.92 Å². The van der Waals surface area contributed by atoms with Crippen LogP contribution in [0.15, 0.2) is 0 Å². The third kappa shape index (κ3) is 16.0. The summed E-state index contributed by atoms with van der Waals surface area (Å²) in [4.78, 5) is 0. The molecule has 0 aliphatic heterocycles. The molecule has 0 aromatic rings. The second-order valence-electron chi connectivity index (χ2n) is 5.67. The predicted molar refractivity (Wildman–Crippen MR) is 83.8 cm³/mol. The highest BCUT2D eigenvalue weighted by Crippen LogP contribution is 2.14. The molecule has 19 heavy (non-hydrogen) atoms. The summed E-state index contributed by atoms with van der Waals surface area (Å²) in [6.07, 6.45) is 17.7. The zero-order valence-electron chi connectivity index (χ0n) is 13.0. The van der Waals surface area contributed by atoms with Gasteiger partial charge in [0.2, 0.25) is 0 Å². The fourth-order valence-electron chi connectivity index (χ4n) is 2.40. The standard InChI is InChI=1S/C16H33O2P/c1-3-4-5-6-7-8-9-10-11-12-13-14-15-16(2)18-19-17/h16H,3-15H2,1-2H3. The summed E-state index contributed by atoms with van der Waals surface area (Å²) in [7, 11) is -0.178. The van der Waals surface area contributed by atoms with E-state index in [-0.39, 0.29) is 14.8 Å². The number of hydrogen-bond acceptors (Lipinski definition) is 2. The van der Waals surface area contributed by atoms with Gasteiger partial charge >= 0.3 is 8.69 Å². The van der Waals surface area contributed by atoms with Crippen LogP contribution in [-0.2, 0) is 9.09 Å². The van der Waals surface area contributed by atoms with Gasteiger partial charge in [-0.3, -0.25) is 4.52 Å². The second kappa shape index (κ2) is 16.1. The van der Waals surface area contributed by atoms with E-state index in [4.69, 9.17) is 4.52 Å². The van der Waals surface area contributed by atoms with E-state index < -0.39 is 0 Å². The van der Waals surface area contributed by atoms with Crippen LogP contribution >= 0.6 is 8.69 Å². The van der Waals surface area contributed by atoms with E-state index in [1.807, 2.05) is 6.92 Å². The second-order valence-corrected chi connectivity index (χ2v) is 6.03. The Balaban J connectivity index is 3.00. The van der Waals surface area contributed by atoms with E-state index in [0.29, 0.717) is 0 Å². The molecule has 0 spiro atoms. The van der Waals surface area contributed by atoms with Crippen molar-refractivity contribution in [2.45, 2.75) is 103 Å². The quantitative estimate of drug-likeness (QED) is 0.248. The average Bonchev–Trinajstić information content (AvgIpc) is 2.40. The van der Waals surface area contributed by atoms with Gasteiger partial charge in [0.25, 0.3) is 0 Å². The molecule has 3 heteroatoms. The van der Waals surface area contributed by atoms with Crippen molar-refractivity contribution >= 4 is 8.69 Å². The van der Waals surface area contributed by atoms with Crippen molar-refractivity contribution in [3.8, 4) is 0 Å². The molecule has 0 heterocycles. The monoisotopic (exact) mass is 288 g/mol. The Hall–Kier alpha value is 0.0600. The topological polar surface area (TPSA) is 26.3 Å². The first-order chi connectivity index (χ1) is 9.31. The summed E-state index contributed by atoms with van der Waals surface area (Å²) in [6.45, 7) is 4.26. The van der Waals surface area contributed by atoms with Crippen LogP contribution in [0.25, 0.3) is 0 Å².